The average molecular weight is 270 g/mol. The number of halogens is 1. The number of anilines is 1. The molecule has 0 unspecified atom stereocenters. The summed E-state index contributed by atoms with van der Waals surface area (Å²) in [6.45, 7) is 7.02. The molecule has 1 aromatic rings. The molecule has 1 heterocycles. The van der Waals surface area contributed by atoms with Crippen molar-refractivity contribution in [2.45, 2.75) is 6.92 Å². The van der Waals surface area contributed by atoms with Crippen molar-refractivity contribution in [2.24, 2.45) is 0 Å². The minimum Gasteiger partial charge on any atom is -0.495 e. The third kappa shape index (κ3) is 3.28. The van der Waals surface area contributed by atoms with Gasteiger partial charge in [-0.1, -0.05) is 11.6 Å². The Morgan fingerprint density at radius 1 is 1.39 bits per heavy atom. The third-order valence-electron chi connectivity index (χ3n) is 3.18. The molecule has 0 radical (unpaired) electrons. The molecule has 1 aromatic carbocycles. The van der Waals surface area contributed by atoms with Crippen LogP contribution in [0.2, 0.25) is 5.02 Å². The average Bonchev–Trinajstić information content (AvgIpc) is 2.41. The molecule has 0 amide bonds. The molecule has 1 aliphatic heterocycles. The highest BCUT2D eigenvalue weighted by Gasteiger charge is 2.11. The smallest absolute Gasteiger partial charge is 0.142 e. The topological polar surface area (TPSA) is 36.5 Å². The van der Waals surface area contributed by atoms with Crippen molar-refractivity contribution in [1.29, 1.82) is 0 Å². The Morgan fingerprint density at radius 3 is 2.78 bits per heavy atom. The zero-order valence-corrected chi connectivity index (χ0v) is 11.7. The van der Waals surface area contributed by atoms with E-state index in [9.17, 15) is 0 Å². The fourth-order valence-corrected chi connectivity index (χ4v) is 2.19. The monoisotopic (exact) mass is 269 g/mol. The molecule has 0 spiro atoms. The summed E-state index contributed by atoms with van der Waals surface area (Å²) in [5, 5.41) is 7.49. The molecule has 0 aromatic heterocycles. The zero-order chi connectivity index (χ0) is 13.0. The van der Waals surface area contributed by atoms with E-state index in [-0.39, 0.29) is 0 Å². The van der Waals surface area contributed by atoms with Crippen LogP contribution in [-0.2, 0) is 0 Å². The van der Waals surface area contributed by atoms with E-state index < -0.39 is 0 Å². The summed E-state index contributed by atoms with van der Waals surface area (Å²) in [6, 6.07) is 3.89. The maximum atomic E-state index is 6.15. The lowest BCUT2D eigenvalue weighted by Gasteiger charge is -2.28. The molecular formula is C13H20ClN3O. The van der Waals surface area contributed by atoms with Crippen molar-refractivity contribution in [3.63, 3.8) is 0 Å². The van der Waals surface area contributed by atoms with Gasteiger partial charge in [-0.25, -0.2) is 0 Å². The molecule has 0 aliphatic carbocycles. The maximum Gasteiger partial charge on any atom is 0.142 e. The molecule has 0 bridgehead atoms. The second-order valence-corrected chi connectivity index (χ2v) is 4.91. The first kappa shape index (κ1) is 13.5. The molecule has 1 aliphatic rings. The van der Waals surface area contributed by atoms with Gasteiger partial charge >= 0.3 is 0 Å². The van der Waals surface area contributed by atoms with E-state index >= 15 is 0 Å². The summed E-state index contributed by atoms with van der Waals surface area (Å²) in [7, 11) is 1.68. The molecule has 0 saturated carbocycles. The Bertz CT molecular complexity index is 405. The number of benzene rings is 1. The predicted octanol–water partition coefficient (Wildman–Crippen LogP) is 1.93. The number of nitrogens with one attached hydrogen (secondary N) is 2. The normalized spacial score (nSPS) is 16.6. The van der Waals surface area contributed by atoms with Crippen LogP contribution in [0.15, 0.2) is 12.1 Å². The van der Waals surface area contributed by atoms with Gasteiger partial charge in [0.05, 0.1) is 19.5 Å². The summed E-state index contributed by atoms with van der Waals surface area (Å²) in [5.41, 5.74) is 1.98. The van der Waals surface area contributed by atoms with Gasteiger partial charge in [0.15, 0.2) is 0 Å². The van der Waals surface area contributed by atoms with Crippen LogP contribution in [0.4, 0.5) is 5.69 Å². The van der Waals surface area contributed by atoms with Crippen LogP contribution < -0.4 is 15.4 Å². The van der Waals surface area contributed by atoms with Crippen molar-refractivity contribution in [3.8, 4) is 5.75 Å². The summed E-state index contributed by atoms with van der Waals surface area (Å²) in [4.78, 5) is 2.36. The van der Waals surface area contributed by atoms with Crippen molar-refractivity contribution in [3.05, 3.63) is 22.7 Å². The fourth-order valence-electron chi connectivity index (χ4n) is 2.03. The van der Waals surface area contributed by atoms with Crippen LogP contribution in [0.1, 0.15) is 5.56 Å². The number of hydrogen-bond donors (Lipinski definition) is 2. The Morgan fingerprint density at radius 2 is 2.11 bits per heavy atom. The van der Waals surface area contributed by atoms with Crippen molar-refractivity contribution >= 4 is 17.3 Å². The summed E-state index contributed by atoms with van der Waals surface area (Å²) < 4.78 is 5.37. The predicted molar refractivity (Wildman–Crippen MR) is 75.7 cm³/mol. The van der Waals surface area contributed by atoms with E-state index in [2.05, 4.69) is 15.5 Å². The van der Waals surface area contributed by atoms with E-state index in [0.717, 1.165) is 54.9 Å². The largest absolute Gasteiger partial charge is 0.495 e. The molecule has 0 atom stereocenters. The Kier molecular flexibility index (Phi) is 4.69. The van der Waals surface area contributed by atoms with E-state index in [4.69, 9.17) is 16.3 Å². The van der Waals surface area contributed by atoms with Crippen molar-refractivity contribution in [1.82, 2.24) is 10.2 Å². The van der Waals surface area contributed by atoms with E-state index in [1.807, 2.05) is 19.1 Å². The van der Waals surface area contributed by atoms with Crippen LogP contribution >= 0.6 is 11.6 Å². The highest BCUT2D eigenvalue weighted by atomic mass is 35.5. The lowest BCUT2D eigenvalue weighted by atomic mass is 10.2. The number of hydrogen-bond acceptors (Lipinski definition) is 4. The first-order valence-corrected chi connectivity index (χ1v) is 6.59. The molecule has 100 valence electrons. The Labute approximate surface area is 113 Å². The summed E-state index contributed by atoms with van der Waals surface area (Å²) in [6.07, 6.45) is 0. The van der Waals surface area contributed by atoms with Crippen molar-refractivity contribution in [2.75, 3.05) is 45.3 Å². The van der Waals surface area contributed by atoms with Gasteiger partial charge in [0.25, 0.3) is 0 Å². The van der Waals surface area contributed by atoms with Crippen LogP contribution in [0.3, 0.4) is 0 Å². The lowest BCUT2D eigenvalue weighted by molar-refractivity contribution is 0.256. The van der Waals surface area contributed by atoms with Gasteiger partial charge in [-0.15, -0.1) is 0 Å². The van der Waals surface area contributed by atoms with Crippen LogP contribution in [0, 0.1) is 6.92 Å². The van der Waals surface area contributed by atoms with Crippen LogP contribution in [-0.4, -0.2) is 44.9 Å². The molecule has 18 heavy (non-hydrogen) atoms. The molecule has 2 N–H and O–H groups in total. The van der Waals surface area contributed by atoms with E-state index in [1.54, 1.807) is 7.11 Å². The maximum absolute atomic E-state index is 6.15. The molecule has 1 saturated heterocycles. The Hall–Kier alpha value is -0.970. The molecular weight excluding hydrogens is 250 g/mol. The Balaban J connectivity index is 2.01. The van der Waals surface area contributed by atoms with Gasteiger partial charge in [-0.2, -0.15) is 0 Å². The zero-order valence-electron chi connectivity index (χ0n) is 10.9. The highest BCUT2D eigenvalue weighted by molar-refractivity contribution is 6.31. The van der Waals surface area contributed by atoms with E-state index in [0.29, 0.717) is 0 Å². The molecule has 1 fully saturated rings. The molecule has 5 heteroatoms. The standard InChI is InChI=1S/C13H20ClN3O/c1-10-7-13(18-2)12(8-11(10)14)16-9-17-5-3-15-4-6-17/h7-8,15-16H,3-6,9H2,1-2H3. The number of aryl methyl sites for hydroxylation is 1. The first-order valence-electron chi connectivity index (χ1n) is 6.22. The van der Waals surface area contributed by atoms with Gasteiger partial charge in [-0.3, -0.25) is 4.90 Å². The van der Waals surface area contributed by atoms with Crippen LogP contribution in [0.5, 0.6) is 5.75 Å². The lowest BCUT2D eigenvalue weighted by Crippen LogP contribution is -2.45. The highest BCUT2D eigenvalue weighted by Crippen LogP contribution is 2.30. The van der Waals surface area contributed by atoms with Gasteiger partial charge in [0.1, 0.15) is 5.75 Å². The van der Waals surface area contributed by atoms with Gasteiger partial charge in [0, 0.05) is 31.2 Å². The van der Waals surface area contributed by atoms with Gasteiger partial charge < -0.3 is 15.4 Å². The van der Waals surface area contributed by atoms with E-state index in [1.165, 1.54) is 0 Å². The minimum atomic E-state index is 0.763. The number of rotatable bonds is 4. The quantitative estimate of drug-likeness (QED) is 0.876. The third-order valence-corrected chi connectivity index (χ3v) is 3.59. The second-order valence-electron chi connectivity index (χ2n) is 4.50. The number of ether oxygens (including phenoxy) is 1. The molecule has 2 rings (SSSR count). The van der Waals surface area contributed by atoms with Crippen molar-refractivity contribution < 1.29 is 4.74 Å². The number of nitrogens with zero attached hydrogens (tertiary/aromatic N) is 1. The fraction of sp³-hybridized carbons (Fsp3) is 0.538. The molecule has 4 nitrogen and oxygen atoms in total. The summed E-state index contributed by atoms with van der Waals surface area (Å²) in [5.74, 6) is 0.840. The van der Waals surface area contributed by atoms with Gasteiger partial charge in [-0.05, 0) is 24.6 Å². The van der Waals surface area contributed by atoms with Crippen LogP contribution in [0.25, 0.3) is 0 Å². The van der Waals surface area contributed by atoms with Gasteiger partial charge in [0.2, 0.25) is 0 Å². The minimum absolute atomic E-state index is 0.763. The SMILES string of the molecule is COc1cc(C)c(Cl)cc1NCN1CCNCC1. The first-order chi connectivity index (χ1) is 8.70. The number of methoxy groups -OCH3 is 1. The second kappa shape index (κ2) is 6.27. The summed E-state index contributed by atoms with van der Waals surface area (Å²) >= 11 is 6.15. The number of piperazine rings is 1.